The summed E-state index contributed by atoms with van der Waals surface area (Å²) in [6.07, 6.45) is -0.539. The van der Waals surface area contributed by atoms with Crippen LogP contribution in [0.4, 0.5) is 10.1 Å². The Labute approximate surface area is 113 Å². The first-order valence-electron chi connectivity index (χ1n) is 6.16. The lowest BCUT2D eigenvalue weighted by molar-refractivity contribution is 0.128. The van der Waals surface area contributed by atoms with Crippen molar-refractivity contribution in [3.8, 4) is 0 Å². The largest absolute Gasteiger partial charge is 0.390 e. The number of aliphatic hydroxyl groups excluding tert-OH is 1. The molecule has 0 aliphatic rings. The number of hydrogen-bond acceptors (Lipinski definition) is 3. The highest BCUT2D eigenvalue weighted by Crippen LogP contribution is 2.19. The third-order valence-electron chi connectivity index (χ3n) is 2.82. The maximum Gasteiger partial charge on any atom is 0.146 e. The maximum absolute atomic E-state index is 13.4. The number of rotatable bonds is 7. The van der Waals surface area contributed by atoms with E-state index in [2.05, 4.69) is 10.2 Å². The second-order valence-electron chi connectivity index (χ2n) is 4.14. The lowest BCUT2D eigenvalue weighted by atomic mass is 10.2. The van der Waals surface area contributed by atoms with Crippen LogP contribution in [0, 0.1) is 5.82 Å². The molecule has 0 fully saturated rings. The van der Waals surface area contributed by atoms with E-state index in [1.54, 1.807) is 0 Å². The summed E-state index contributed by atoms with van der Waals surface area (Å²) in [6, 6.07) is 4.32. The fraction of sp³-hybridized carbons (Fsp3) is 0.538. The first-order chi connectivity index (χ1) is 8.56. The molecule has 0 saturated heterocycles. The molecule has 0 radical (unpaired) electrons. The van der Waals surface area contributed by atoms with Gasteiger partial charge in [-0.25, -0.2) is 4.39 Å². The van der Waals surface area contributed by atoms with Crippen LogP contribution in [0.3, 0.4) is 0 Å². The Morgan fingerprint density at radius 2 is 2.06 bits per heavy atom. The number of nitrogens with one attached hydrogen (secondary N) is 1. The highest BCUT2D eigenvalue weighted by Gasteiger charge is 2.10. The SMILES string of the molecule is CCN(CC)CC(O)CNc1cc(Cl)ccc1F. The molecule has 1 atom stereocenters. The Morgan fingerprint density at radius 1 is 1.39 bits per heavy atom. The molecule has 0 aliphatic heterocycles. The average molecular weight is 275 g/mol. The smallest absolute Gasteiger partial charge is 0.146 e. The zero-order valence-electron chi connectivity index (χ0n) is 10.8. The normalized spacial score (nSPS) is 12.8. The van der Waals surface area contributed by atoms with Gasteiger partial charge in [-0.1, -0.05) is 25.4 Å². The minimum Gasteiger partial charge on any atom is -0.390 e. The van der Waals surface area contributed by atoms with Crippen LogP contribution >= 0.6 is 11.6 Å². The lowest BCUT2D eigenvalue weighted by Gasteiger charge is -2.22. The fourth-order valence-electron chi connectivity index (χ4n) is 1.71. The van der Waals surface area contributed by atoms with Crippen molar-refractivity contribution >= 4 is 17.3 Å². The summed E-state index contributed by atoms with van der Waals surface area (Å²) in [6.45, 7) is 6.73. The number of likely N-dealkylation sites (N-methyl/N-ethyl adjacent to an activating group) is 1. The molecule has 18 heavy (non-hydrogen) atoms. The van der Waals surface area contributed by atoms with Gasteiger partial charge in [-0.2, -0.15) is 0 Å². The van der Waals surface area contributed by atoms with Gasteiger partial charge in [-0.3, -0.25) is 0 Å². The number of benzene rings is 1. The third-order valence-corrected chi connectivity index (χ3v) is 3.06. The van der Waals surface area contributed by atoms with Crippen LogP contribution < -0.4 is 5.32 Å². The average Bonchev–Trinajstić information content (AvgIpc) is 2.37. The molecule has 1 aromatic rings. The second kappa shape index (κ2) is 7.56. The molecule has 102 valence electrons. The predicted molar refractivity (Wildman–Crippen MR) is 73.7 cm³/mol. The van der Waals surface area contributed by atoms with E-state index in [9.17, 15) is 9.50 Å². The van der Waals surface area contributed by atoms with E-state index in [4.69, 9.17) is 11.6 Å². The Kier molecular flexibility index (Phi) is 6.39. The molecule has 3 nitrogen and oxygen atoms in total. The van der Waals surface area contributed by atoms with Crippen molar-refractivity contribution in [2.75, 3.05) is 31.5 Å². The zero-order valence-corrected chi connectivity index (χ0v) is 11.5. The monoisotopic (exact) mass is 274 g/mol. The summed E-state index contributed by atoms with van der Waals surface area (Å²) in [5, 5.41) is 13.2. The highest BCUT2D eigenvalue weighted by atomic mass is 35.5. The minimum absolute atomic E-state index is 0.299. The van der Waals surface area contributed by atoms with Crippen molar-refractivity contribution in [3.63, 3.8) is 0 Å². The Balaban J connectivity index is 2.46. The number of nitrogens with zero attached hydrogens (tertiary/aromatic N) is 1. The highest BCUT2D eigenvalue weighted by molar-refractivity contribution is 6.30. The molecule has 0 aromatic heterocycles. The molecule has 0 aliphatic carbocycles. The summed E-state index contributed by atoms with van der Waals surface area (Å²) in [4.78, 5) is 2.11. The number of hydrogen-bond donors (Lipinski definition) is 2. The van der Waals surface area contributed by atoms with Gasteiger partial charge in [0, 0.05) is 18.1 Å². The standard InChI is InChI=1S/C13H20ClFN2O/c1-3-17(4-2)9-11(18)8-16-13-7-10(14)5-6-12(13)15/h5-7,11,16,18H,3-4,8-9H2,1-2H3. The maximum atomic E-state index is 13.4. The topological polar surface area (TPSA) is 35.5 Å². The molecule has 0 heterocycles. The summed E-state index contributed by atoms with van der Waals surface area (Å²) in [7, 11) is 0. The van der Waals surface area contributed by atoms with Gasteiger partial charge in [0.25, 0.3) is 0 Å². The quantitative estimate of drug-likeness (QED) is 0.802. The van der Waals surface area contributed by atoms with Gasteiger partial charge < -0.3 is 15.3 Å². The molecular formula is C13H20ClFN2O. The molecule has 0 spiro atoms. The van der Waals surface area contributed by atoms with Gasteiger partial charge in [0.1, 0.15) is 5.82 Å². The summed E-state index contributed by atoms with van der Waals surface area (Å²) < 4.78 is 13.4. The van der Waals surface area contributed by atoms with Crippen LogP contribution in [-0.4, -0.2) is 42.3 Å². The number of anilines is 1. The van der Waals surface area contributed by atoms with E-state index in [0.717, 1.165) is 13.1 Å². The van der Waals surface area contributed by atoms with Crippen molar-refractivity contribution in [2.24, 2.45) is 0 Å². The Morgan fingerprint density at radius 3 is 2.67 bits per heavy atom. The molecule has 1 rings (SSSR count). The minimum atomic E-state index is -0.539. The van der Waals surface area contributed by atoms with E-state index < -0.39 is 6.10 Å². The predicted octanol–water partition coefficient (Wildman–Crippen LogP) is 2.59. The molecule has 0 bridgehead atoms. The first-order valence-corrected chi connectivity index (χ1v) is 6.54. The van der Waals surface area contributed by atoms with E-state index in [1.165, 1.54) is 18.2 Å². The van der Waals surface area contributed by atoms with Crippen molar-refractivity contribution in [1.82, 2.24) is 4.90 Å². The molecule has 1 unspecified atom stereocenters. The van der Waals surface area contributed by atoms with Gasteiger partial charge >= 0.3 is 0 Å². The van der Waals surface area contributed by atoms with Crippen LogP contribution in [0.25, 0.3) is 0 Å². The lowest BCUT2D eigenvalue weighted by Crippen LogP contribution is -2.36. The molecule has 0 saturated carbocycles. The number of aliphatic hydroxyl groups is 1. The number of halogens is 2. The molecule has 5 heteroatoms. The summed E-state index contributed by atoms with van der Waals surface area (Å²) in [5.74, 6) is -0.366. The summed E-state index contributed by atoms with van der Waals surface area (Å²) in [5.41, 5.74) is 0.320. The van der Waals surface area contributed by atoms with Crippen LogP contribution in [0.5, 0.6) is 0 Å². The van der Waals surface area contributed by atoms with Gasteiger partial charge in [-0.15, -0.1) is 0 Å². The van der Waals surface area contributed by atoms with Crippen molar-refractivity contribution < 1.29 is 9.50 Å². The van der Waals surface area contributed by atoms with Crippen molar-refractivity contribution in [1.29, 1.82) is 0 Å². The Bertz CT molecular complexity index is 372. The van der Waals surface area contributed by atoms with Gasteiger partial charge in [0.05, 0.1) is 11.8 Å². The van der Waals surface area contributed by atoms with E-state index in [0.29, 0.717) is 23.8 Å². The van der Waals surface area contributed by atoms with E-state index in [-0.39, 0.29) is 5.82 Å². The van der Waals surface area contributed by atoms with E-state index >= 15 is 0 Å². The summed E-state index contributed by atoms with van der Waals surface area (Å²) >= 11 is 5.78. The Hall–Kier alpha value is -0.840. The van der Waals surface area contributed by atoms with Gasteiger partial charge in [-0.05, 0) is 31.3 Å². The van der Waals surface area contributed by atoms with Crippen LogP contribution in [0.2, 0.25) is 5.02 Å². The molecule has 1 aromatic carbocycles. The van der Waals surface area contributed by atoms with Crippen molar-refractivity contribution in [3.05, 3.63) is 29.0 Å². The molecule has 0 amide bonds. The van der Waals surface area contributed by atoms with Gasteiger partial charge in [0.2, 0.25) is 0 Å². The van der Waals surface area contributed by atoms with Gasteiger partial charge in [0.15, 0.2) is 0 Å². The fourth-order valence-corrected chi connectivity index (χ4v) is 1.88. The molecule has 2 N–H and O–H groups in total. The third kappa shape index (κ3) is 4.80. The van der Waals surface area contributed by atoms with Crippen molar-refractivity contribution in [2.45, 2.75) is 20.0 Å². The molecular weight excluding hydrogens is 255 g/mol. The van der Waals surface area contributed by atoms with Crippen LogP contribution in [0.15, 0.2) is 18.2 Å². The van der Waals surface area contributed by atoms with Crippen LogP contribution in [-0.2, 0) is 0 Å². The van der Waals surface area contributed by atoms with E-state index in [1.807, 2.05) is 13.8 Å². The second-order valence-corrected chi connectivity index (χ2v) is 4.58. The van der Waals surface area contributed by atoms with Crippen LogP contribution in [0.1, 0.15) is 13.8 Å². The zero-order chi connectivity index (χ0) is 13.5. The first kappa shape index (κ1) is 15.2.